The van der Waals surface area contributed by atoms with Crippen LogP contribution in [-0.2, 0) is 22.1 Å². The zero-order valence-electron chi connectivity index (χ0n) is 14.9. The minimum absolute atomic E-state index is 0. The zero-order valence-corrected chi connectivity index (χ0v) is 17.3. The van der Waals surface area contributed by atoms with Crippen molar-refractivity contribution >= 4 is 34.7 Å². The van der Waals surface area contributed by atoms with Crippen LogP contribution in [0.25, 0.3) is 0 Å². The van der Waals surface area contributed by atoms with Crippen LogP contribution in [0.5, 0.6) is 0 Å². The molecule has 3 rings (SSSR count). The van der Waals surface area contributed by atoms with Crippen molar-refractivity contribution < 1.29 is 13.5 Å². The fourth-order valence-electron chi connectivity index (χ4n) is 3.34. The quantitative estimate of drug-likeness (QED) is 0.757. The van der Waals surface area contributed by atoms with Crippen molar-refractivity contribution in [1.82, 2.24) is 4.90 Å². The van der Waals surface area contributed by atoms with Gasteiger partial charge in [-0.1, -0.05) is 42.5 Å². The second-order valence-electron chi connectivity index (χ2n) is 6.68. The highest BCUT2D eigenvalue weighted by Crippen LogP contribution is 2.21. The molecule has 3 N–H and O–H groups in total. The first kappa shape index (κ1) is 23.9. The monoisotopic (exact) mass is 432 g/mol. The van der Waals surface area contributed by atoms with Gasteiger partial charge in [-0.3, -0.25) is 4.90 Å². The minimum atomic E-state index is -3.39. The first-order valence-electron chi connectivity index (χ1n) is 8.44. The van der Waals surface area contributed by atoms with Gasteiger partial charge >= 0.3 is 0 Å². The lowest BCUT2D eigenvalue weighted by Gasteiger charge is -2.34. The fraction of sp³-hybridized carbons (Fsp3) is 0.368. The van der Waals surface area contributed by atoms with Gasteiger partial charge in [0.15, 0.2) is 9.84 Å². The van der Waals surface area contributed by atoms with Crippen molar-refractivity contribution in [1.29, 1.82) is 0 Å². The molecular formula is C19H26Cl2N2O3S. The molecular weight excluding hydrogens is 407 g/mol. The molecule has 1 aliphatic heterocycles. The molecule has 0 unspecified atom stereocenters. The summed E-state index contributed by atoms with van der Waals surface area (Å²) in [6.45, 7) is 1.86. The Morgan fingerprint density at radius 1 is 0.963 bits per heavy atom. The van der Waals surface area contributed by atoms with Crippen molar-refractivity contribution in [3.8, 4) is 0 Å². The number of aliphatic hydroxyl groups excluding tert-OH is 1. The topological polar surface area (TPSA) is 83.6 Å². The summed E-state index contributed by atoms with van der Waals surface area (Å²) in [7, 11) is -3.39. The highest BCUT2D eigenvalue weighted by molar-refractivity contribution is 7.90. The molecule has 150 valence electrons. The van der Waals surface area contributed by atoms with Crippen LogP contribution < -0.4 is 5.73 Å². The van der Waals surface area contributed by atoms with Gasteiger partial charge < -0.3 is 10.8 Å². The summed E-state index contributed by atoms with van der Waals surface area (Å²) in [5, 5.41) is 9.91. The number of nitrogens with zero attached hydrogens (tertiary/aromatic N) is 1. The van der Waals surface area contributed by atoms with Crippen LogP contribution >= 0.6 is 24.8 Å². The zero-order chi connectivity index (χ0) is 17.9. The number of benzene rings is 2. The van der Waals surface area contributed by atoms with E-state index < -0.39 is 15.9 Å². The van der Waals surface area contributed by atoms with E-state index >= 15 is 0 Å². The molecule has 2 aromatic rings. The van der Waals surface area contributed by atoms with Crippen molar-refractivity contribution in [3.63, 3.8) is 0 Å². The second-order valence-corrected chi connectivity index (χ2v) is 8.67. The van der Waals surface area contributed by atoms with Crippen LogP contribution in [0.4, 0.5) is 0 Å². The molecule has 1 fully saturated rings. The number of hydrogen-bond acceptors (Lipinski definition) is 5. The Hall–Kier alpha value is -1.15. The molecule has 27 heavy (non-hydrogen) atoms. The van der Waals surface area contributed by atoms with Gasteiger partial charge in [0.2, 0.25) is 0 Å². The summed E-state index contributed by atoms with van der Waals surface area (Å²) in [4.78, 5) is 2.42. The average molecular weight is 433 g/mol. The summed E-state index contributed by atoms with van der Waals surface area (Å²) in [5.74, 6) is -0.0321. The Morgan fingerprint density at radius 3 is 2.19 bits per heavy atom. The van der Waals surface area contributed by atoms with E-state index in [0.717, 1.165) is 11.1 Å². The lowest BCUT2D eigenvalue weighted by atomic mass is 10.0. The molecule has 0 saturated carbocycles. The van der Waals surface area contributed by atoms with Crippen LogP contribution in [0.2, 0.25) is 0 Å². The van der Waals surface area contributed by atoms with Crippen LogP contribution in [-0.4, -0.2) is 43.7 Å². The van der Waals surface area contributed by atoms with E-state index in [9.17, 15) is 13.5 Å². The van der Waals surface area contributed by atoms with Gasteiger partial charge in [-0.2, -0.15) is 0 Å². The molecule has 0 spiro atoms. The molecule has 1 aliphatic rings. The Morgan fingerprint density at radius 2 is 1.56 bits per heavy atom. The fourth-order valence-corrected chi connectivity index (χ4v) is 4.77. The van der Waals surface area contributed by atoms with E-state index in [2.05, 4.69) is 4.90 Å². The summed E-state index contributed by atoms with van der Waals surface area (Å²) in [6, 6.07) is 16.0. The smallest absolute Gasteiger partial charge is 0.182 e. The maximum Gasteiger partial charge on any atom is 0.182 e. The van der Waals surface area contributed by atoms with Gasteiger partial charge in [-0.15, -0.1) is 24.8 Å². The number of rotatable bonds is 5. The lowest BCUT2D eigenvalue weighted by Crippen LogP contribution is -2.48. The molecule has 2 atom stereocenters. The highest BCUT2D eigenvalue weighted by Gasteiger charge is 2.24. The average Bonchev–Trinajstić information content (AvgIpc) is 2.56. The second kappa shape index (κ2) is 10.4. The predicted molar refractivity (Wildman–Crippen MR) is 112 cm³/mol. The van der Waals surface area contributed by atoms with E-state index in [0.29, 0.717) is 31.0 Å². The molecule has 0 aliphatic carbocycles. The third-order valence-electron chi connectivity index (χ3n) is 4.50. The third-order valence-corrected chi connectivity index (χ3v) is 6.18. The van der Waals surface area contributed by atoms with Crippen molar-refractivity contribution in [2.24, 2.45) is 5.73 Å². The molecule has 1 heterocycles. The number of nitrogens with two attached hydrogens (primary N) is 1. The number of β-amino-alcohol motifs (C(OH)–C–C–N with tert-alkyl or cyclic N) is 1. The van der Waals surface area contributed by atoms with E-state index in [-0.39, 0.29) is 36.6 Å². The Bertz CT molecular complexity index is 809. The van der Waals surface area contributed by atoms with Gasteiger partial charge in [0.25, 0.3) is 0 Å². The highest BCUT2D eigenvalue weighted by atomic mass is 35.5. The van der Waals surface area contributed by atoms with Gasteiger partial charge in [0, 0.05) is 25.7 Å². The van der Waals surface area contributed by atoms with Crippen molar-refractivity contribution in [3.05, 3.63) is 65.7 Å². The maximum absolute atomic E-state index is 12.7. The van der Waals surface area contributed by atoms with Gasteiger partial charge in [0.05, 0.1) is 16.8 Å². The number of halogens is 2. The molecule has 0 radical (unpaired) electrons. The summed E-state index contributed by atoms with van der Waals surface area (Å²) in [6.07, 6.45) is 0.185. The molecule has 0 bridgehead atoms. The third kappa shape index (κ3) is 6.45. The van der Waals surface area contributed by atoms with Crippen molar-refractivity contribution in [2.45, 2.75) is 35.8 Å². The van der Waals surface area contributed by atoms with Gasteiger partial charge in [-0.05, 0) is 29.7 Å². The van der Waals surface area contributed by atoms with E-state index in [1.165, 1.54) is 0 Å². The Balaban J connectivity index is 0.00000182. The Labute approximate surface area is 173 Å². The van der Waals surface area contributed by atoms with E-state index in [1.807, 2.05) is 24.3 Å². The van der Waals surface area contributed by atoms with Crippen LogP contribution in [0, 0.1) is 0 Å². The predicted octanol–water partition coefficient (Wildman–Crippen LogP) is 2.40. The molecule has 8 heteroatoms. The van der Waals surface area contributed by atoms with Crippen LogP contribution in [0.1, 0.15) is 17.5 Å². The number of piperidine rings is 1. The summed E-state index contributed by atoms with van der Waals surface area (Å²) >= 11 is 0. The van der Waals surface area contributed by atoms with Crippen molar-refractivity contribution in [2.75, 3.05) is 13.1 Å². The number of sulfone groups is 1. The molecule has 0 aromatic heterocycles. The minimum Gasteiger partial charge on any atom is -0.392 e. The first-order valence-corrected chi connectivity index (χ1v) is 10.1. The molecule has 5 nitrogen and oxygen atoms in total. The van der Waals surface area contributed by atoms with Gasteiger partial charge in [0.1, 0.15) is 0 Å². The first-order chi connectivity index (χ1) is 11.9. The van der Waals surface area contributed by atoms with E-state index in [1.54, 1.807) is 30.3 Å². The Kier molecular flexibility index (Phi) is 9.21. The SMILES string of the molecule is Cl.Cl.N[C@H]1C[C@@H](O)CN(Cc2ccccc2CS(=O)(=O)c2ccccc2)C1. The summed E-state index contributed by atoms with van der Waals surface area (Å²) in [5.41, 5.74) is 7.74. The summed E-state index contributed by atoms with van der Waals surface area (Å²) < 4.78 is 25.4. The normalized spacial score (nSPS) is 20.4. The molecule has 0 amide bonds. The number of likely N-dealkylation sites (tertiary alicyclic amines) is 1. The number of aliphatic hydroxyl groups is 1. The lowest BCUT2D eigenvalue weighted by molar-refractivity contribution is 0.0563. The molecule has 1 saturated heterocycles. The largest absolute Gasteiger partial charge is 0.392 e. The standard InChI is InChI=1S/C19H24N2O3S.2ClH/c20-17-10-18(22)13-21(12-17)11-15-6-4-5-7-16(15)14-25(23,24)19-8-2-1-3-9-19;;/h1-9,17-18,22H,10-14,20H2;2*1H/t17-,18+;;/m0../s1. The van der Waals surface area contributed by atoms with E-state index in [4.69, 9.17) is 5.73 Å². The van der Waals surface area contributed by atoms with Crippen LogP contribution in [0.15, 0.2) is 59.5 Å². The van der Waals surface area contributed by atoms with Crippen LogP contribution in [0.3, 0.4) is 0 Å². The van der Waals surface area contributed by atoms with Gasteiger partial charge in [-0.25, -0.2) is 8.42 Å². The maximum atomic E-state index is 12.7. The molecule has 2 aromatic carbocycles. The number of hydrogen-bond donors (Lipinski definition) is 2.